The molecule has 0 unspecified atom stereocenters. The Kier molecular flexibility index (Phi) is 5.06. The first-order chi connectivity index (χ1) is 10.4. The number of benzene rings is 1. The van der Waals surface area contributed by atoms with E-state index in [4.69, 9.17) is 16.9 Å². The summed E-state index contributed by atoms with van der Waals surface area (Å²) in [7, 11) is -3.93. The van der Waals surface area contributed by atoms with Crippen LogP contribution >= 0.6 is 11.6 Å². The topological polar surface area (TPSA) is 90.3 Å². The summed E-state index contributed by atoms with van der Waals surface area (Å²) in [6, 6.07) is 5.15. The quantitative estimate of drug-likeness (QED) is 0.898. The number of nitriles is 1. The molecular weight excluding hydrogens is 326 g/mol. The summed E-state index contributed by atoms with van der Waals surface area (Å²) in [6.07, 6.45) is 1.11. The minimum absolute atomic E-state index is 0.0197. The molecular formula is C14H16ClN3O3S. The molecule has 118 valence electrons. The van der Waals surface area contributed by atoms with Gasteiger partial charge in [-0.15, -0.1) is 0 Å². The van der Waals surface area contributed by atoms with Crippen LogP contribution in [0.25, 0.3) is 0 Å². The molecule has 1 aromatic carbocycles. The molecule has 1 aromatic rings. The van der Waals surface area contributed by atoms with E-state index in [-0.39, 0.29) is 34.5 Å². The normalized spacial score (nSPS) is 19.5. The second-order valence-corrected chi connectivity index (χ2v) is 7.26. The van der Waals surface area contributed by atoms with E-state index in [9.17, 15) is 13.2 Å². The molecule has 2 rings (SSSR count). The first-order valence-corrected chi connectivity index (χ1v) is 8.72. The molecule has 1 fully saturated rings. The molecule has 0 radical (unpaired) electrons. The predicted octanol–water partition coefficient (Wildman–Crippen LogP) is 1.50. The Morgan fingerprint density at radius 3 is 2.86 bits per heavy atom. The smallest absolute Gasteiger partial charge is 0.245 e. The van der Waals surface area contributed by atoms with E-state index in [0.29, 0.717) is 12.8 Å². The Balaban J connectivity index is 2.49. The van der Waals surface area contributed by atoms with Gasteiger partial charge in [-0.25, -0.2) is 8.42 Å². The van der Waals surface area contributed by atoms with Gasteiger partial charge in [0.25, 0.3) is 0 Å². The minimum Gasteiger partial charge on any atom is -0.353 e. The molecule has 1 amide bonds. The Morgan fingerprint density at radius 1 is 1.50 bits per heavy atom. The van der Waals surface area contributed by atoms with Gasteiger partial charge in [0.05, 0.1) is 5.56 Å². The molecule has 8 heteroatoms. The number of amides is 1. The second kappa shape index (κ2) is 6.65. The molecule has 1 atom stereocenters. The Hall–Kier alpha value is -1.62. The predicted molar refractivity (Wildman–Crippen MR) is 81.8 cm³/mol. The Morgan fingerprint density at radius 2 is 2.23 bits per heavy atom. The number of nitrogens with one attached hydrogen (secondary N) is 1. The van der Waals surface area contributed by atoms with Gasteiger partial charge < -0.3 is 5.32 Å². The highest BCUT2D eigenvalue weighted by molar-refractivity contribution is 7.89. The molecule has 0 saturated carbocycles. The van der Waals surface area contributed by atoms with Crippen LogP contribution in [-0.2, 0) is 14.8 Å². The average Bonchev–Trinajstić information content (AvgIpc) is 2.48. The molecule has 1 saturated heterocycles. The molecule has 0 spiro atoms. The SMILES string of the molecule is CCC[C@H]1C(=O)NCCN1S(=O)(=O)c1ccc(Cl)cc1C#N. The molecule has 1 N–H and O–H groups in total. The molecule has 0 bridgehead atoms. The largest absolute Gasteiger partial charge is 0.353 e. The lowest BCUT2D eigenvalue weighted by Gasteiger charge is -2.34. The number of nitrogens with zero attached hydrogens (tertiary/aromatic N) is 2. The summed E-state index contributed by atoms with van der Waals surface area (Å²) in [4.78, 5) is 11.9. The van der Waals surface area contributed by atoms with Crippen molar-refractivity contribution in [3.63, 3.8) is 0 Å². The third-order valence-electron chi connectivity index (χ3n) is 3.49. The van der Waals surface area contributed by atoms with Crippen LogP contribution in [0.4, 0.5) is 0 Å². The van der Waals surface area contributed by atoms with E-state index < -0.39 is 16.1 Å². The number of piperazine rings is 1. The summed E-state index contributed by atoms with van der Waals surface area (Å²) in [5.74, 6) is -0.302. The van der Waals surface area contributed by atoms with Gasteiger partial charge in [0.2, 0.25) is 15.9 Å². The highest BCUT2D eigenvalue weighted by Gasteiger charge is 2.38. The zero-order chi connectivity index (χ0) is 16.3. The molecule has 1 aliphatic heterocycles. The number of carbonyl (C=O) groups excluding carboxylic acids is 1. The van der Waals surface area contributed by atoms with Crippen molar-refractivity contribution in [3.8, 4) is 6.07 Å². The van der Waals surface area contributed by atoms with Crippen molar-refractivity contribution in [2.75, 3.05) is 13.1 Å². The van der Waals surface area contributed by atoms with Crippen LogP contribution in [0.5, 0.6) is 0 Å². The van der Waals surface area contributed by atoms with Crippen LogP contribution in [0.1, 0.15) is 25.3 Å². The number of rotatable bonds is 4. The van der Waals surface area contributed by atoms with Crippen molar-refractivity contribution in [2.24, 2.45) is 0 Å². The Labute approximate surface area is 134 Å². The summed E-state index contributed by atoms with van der Waals surface area (Å²) in [6.45, 7) is 2.33. The zero-order valence-corrected chi connectivity index (χ0v) is 13.6. The number of halogens is 1. The minimum atomic E-state index is -3.93. The van der Waals surface area contributed by atoms with Gasteiger partial charge in [0, 0.05) is 18.1 Å². The molecule has 6 nitrogen and oxygen atoms in total. The number of sulfonamides is 1. The van der Waals surface area contributed by atoms with Crippen molar-refractivity contribution in [1.82, 2.24) is 9.62 Å². The lowest BCUT2D eigenvalue weighted by molar-refractivity contribution is -0.126. The van der Waals surface area contributed by atoms with Gasteiger partial charge >= 0.3 is 0 Å². The molecule has 0 aromatic heterocycles. The highest BCUT2D eigenvalue weighted by Crippen LogP contribution is 2.26. The summed E-state index contributed by atoms with van der Waals surface area (Å²) >= 11 is 5.81. The summed E-state index contributed by atoms with van der Waals surface area (Å²) in [5.41, 5.74) is -0.0197. The molecule has 1 heterocycles. The fourth-order valence-corrected chi connectivity index (χ4v) is 4.39. The van der Waals surface area contributed by atoms with Crippen LogP contribution in [-0.4, -0.2) is 37.8 Å². The lowest BCUT2D eigenvalue weighted by atomic mass is 10.1. The highest BCUT2D eigenvalue weighted by atomic mass is 35.5. The van der Waals surface area contributed by atoms with E-state index in [1.807, 2.05) is 13.0 Å². The standard InChI is InChI=1S/C14H16ClN3O3S/c1-2-3-12-14(19)17-6-7-18(12)22(20,21)13-5-4-11(15)8-10(13)9-16/h4-5,8,12H,2-3,6-7H2,1H3,(H,17,19)/t12-/m0/s1. The maximum absolute atomic E-state index is 12.9. The first kappa shape index (κ1) is 16.7. The van der Waals surface area contributed by atoms with Crippen molar-refractivity contribution in [3.05, 3.63) is 28.8 Å². The van der Waals surface area contributed by atoms with Crippen LogP contribution in [0.3, 0.4) is 0 Å². The van der Waals surface area contributed by atoms with Crippen LogP contribution in [0.2, 0.25) is 5.02 Å². The number of carbonyl (C=O) groups is 1. The van der Waals surface area contributed by atoms with Crippen LogP contribution in [0.15, 0.2) is 23.1 Å². The van der Waals surface area contributed by atoms with E-state index >= 15 is 0 Å². The average molecular weight is 342 g/mol. The zero-order valence-electron chi connectivity index (χ0n) is 12.0. The van der Waals surface area contributed by atoms with Crippen molar-refractivity contribution < 1.29 is 13.2 Å². The van der Waals surface area contributed by atoms with Crippen molar-refractivity contribution in [2.45, 2.75) is 30.7 Å². The summed E-state index contributed by atoms with van der Waals surface area (Å²) in [5, 5.41) is 12.1. The van der Waals surface area contributed by atoms with Gasteiger partial charge in [-0.2, -0.15) is 9.57 Å². The van der Waals surface area contributed by atoms with E-state index in [1.165, 1.54) is 22.5 Å². The number of hydrogen-bond acceptors (Lipinski definition) is 4. The van der Waals surface area contributed by atoms with Crippen molar-refractivity contribution >= 4 is 27.5 Å². The van der Waals surface area contributed by atoms with E-state index in [0.717, 1.165) is 0 Å². The van der Waals surface area contributed by atoms with Crippen LogP contribution < -0.4 is 5.32 Å². The maximum atomic E-state index is 12.9. The molecule has 0 aliphatic carbocycles. The fraction of sp³-hybridized carbons (Fsp3) is 0.429. The monoisotopic (exact) mass is 341 g/mol. The third-order valence-corrected chi connectivity index (χ3v) is 5.69. The molecule has 1 aliphatic rings. The maximum Gasteiger partial charge on any atom is 0.245 e. The van der Waals surface area contributed by atoms with Gasteiger partial charge in [-0.3, -0.25) is 4.79 Å². The van der Waals surface area contributed by atoms with Gasteiger partial charge in [0.1, 0.15) is 17.0 Å². The molecule has 22 heavy (non-hydrogen) atoms. The van der Waals surface area contributed by atoms with E-state index in [2.05, 4.69) is 5.32 Å². The van der Waals surface area contributed by atoms with E-state index in [1.54, 1.807) is 0 Å². The fourth-order valence-electron chi connectivity index (χ4n) is 2.47. The first-order valence-electron chi connectivity index (χ1n) is 6.91. The Bertz CT molecular complexity index is 727. The lowest BCUT2D eigenvalue weighted by Crippen LogP contribution is -2.57. The van der Waals surface area contributed by atoms with Gasteiger partial charge in [-0.1, -0.05) is 24.9 Å². The third kappa shape index (κ3) is 3.09. The second-order valence-electron chi connectivity index (χ2n) is 4.96. The number of hydrogen-bond donors (Lipinski definition) is 1. The van der Waals surface area contributed by atoms with Crippen LogP contribution in [0, 0.1) is 11.3 Å². The van der Waals surface area contributed by atoms with Gasteiger partial charge in [0.15, 0.2) is 0 Å². The van der Waals surface area contributed by atoms with Crippen molar-refractivity contribution in [1.29, 1.82) is 5.26 Å². The van der Waals surface area contributed by atoms with Gasteiger partial charge in [-0.05, 0) is 24.6 Å². The summed E-state index contributed by atoms with van der Waals surface area (Å²) < 4.78 is 26.9.